The molecule has 1 fully saturated rings. The van der Waals surface area contributed by atoms with Gasteiger partial charge in [-0.15, -0.1) is 11.3 Å². The molecule has 1 aromatic carbocycles. The van der Waals surface area contributed by atoms with Gasteiger partial charge < -0.3 is 14.8 Å². The fourth-order valence-corrected chi connectivity index (χ4v) is 4.75. The van der Waals surface area contributed by atoms with Gasteiger partial charge in [0.2, 0.25) is 6.79 Å². The largest absolute Gasteiger partial charge is 0.454 e. The lowest BCUT2D eigenvalue weighted by Crippen LogP contribution is -2.41. The van der Waals surface area contributed by atoms with Crippen molar-refractivity contribution in [3.63, 3.8) is 0 Å². The summed E-state index contributed by atoms with van der Waals surface area (Å²) in [5.41, 5.74) is 0.487. The van der Waals surface area contributed by atoms with Gasteiger partial charge in [0.1, 0.15) is 0 Å². The summed E-state index contributed by atoms with van der Waals surface area (Å²) in [6.07, 6.45) is 2.40. The smallest absolute Gasteiger partial charge is 0.251 e. The van der Waals surface area contributed by atoms with Crippen LogP contribution in [0.1, 0.15) is 41.0 Å². The third kappa shape index (κ3) is 4.08. The van der Waals surface area contributed by atoms with E-state index in [0.717, 1.165) is 19.0 Å². The van der Waals surface area contributed by atoms with E-state index in [1.807, 2.05) is 0 Å². The molecule has 1 amide bonds. The molecule has 0 aliphatic carbocycles. The van der Waals surface area contributed by atoms with Crippen LogP contribution >= 0.6 is 22.9 Å². The number of rotatable bonds is 5. The average molecular weight is 407 g/mol. The maximum atomic E-state index is 12.7. The highest BCUT2D eigenvalue weighted by Gasteiger charge is 2.26. The summed E-state index contributed by atoms with van der Waals surface area (Å²) < 4.78 is 10.7. The lowest BCUT2D eigenvalue weighted by Gasteiger charge is -2.36. The number of likely N-dealkylation sites (tertiary alicyclic amines) is 1. The average Bonchev–Trinajstić information content (AvgIpc) is 3.35. The van der Waals surface area contributed by atoms with E-state index < -0.39 is 0 Å². The number of nitrogens with zero attached hydrogens (tertiary/aromatic N) is 1. The molecule has 0 radical (unpaired) electrons. The van der Waals surface area contributed by atoms with E-state index >= 15 is 0 Å². The summed E-state index contributed by atoms with van der Waals surface area (Å²) in [6, 6.07) is 7.74. The first kappa shape index (κ1) is 18.6. The molecule has 1 atom stereocenters. The third-order valence-corrected chi connectivity index (χ3v) is 6.53. The van der Waals surface area contributed by atoms with Crippen LogP contribution in [-0.2, 0) is 0 Å². The first-order chi connectivity index (χ1) is 13.1. The number of benzene rings is 1. The van der Waals surface area contributed by atoms with E-state index in [1.165, 1.54) is 17.7 Å². The van der Waals surface area contributed by atoms with Crippen molar-refractivity contribution in [2.75, 3.05) is 26.4 Å². The topological polar surface area (TPSA) is 50.8 Å². The van der Waals surface area contributed by atoms with E-state index in [2.05, 4.69) is 34.7 Å². The number of amides is 1. The van der Waals surface area contributed by atoms with Crippen LogP contribution in [0.15, 0.2) is 29.6 Å². The number of nitrogens with one attached hydrogen (secondary N) is 1. The van der Waals surface area contributed by atoms with Crippen molar-refractivity contribution in [1.29, 1.82) is 0 Å². The van der Waals surface area contributed by atoms with Crippen LogP contribution in [-0.4, -0.2) is 37.2 Å². The number of ether oxygens (including phenoxy) is 2. The van der Waals surface area contributed by atoms with E-state index in [-0.39, 0.29) is 18.7 Å². The van der Waals surface area contributed by atoms with Crippen molar-refractivity contribution in [2.45, 2.75) is 25.8 Å². The Morgan fingerprint density at radius 2 is 2.19 bits per heavy atom. The standard InChI is InChI=1S/C20H23ClN2O3S/c1-13-4-6-23(7-5-13)16(18-3-2-8-27-18)11-22-20(24)14-9-15(21)19-17(10-14)25-12-26-19/h2-3,8-10,13,16H,4-7,11-12H2,1H3,(H,22,24)/t16-/m0/s1. The Hall–Kier alpha value is -1.76. The zero-order valence-electron chi connectivity index (χ0n) is 15.2. The Bertz CT molecular complexity index is 804. The molecule has 7 heteroatoms. The fraction of sp³-hybridized carbons (Fsp3) is 0.450. The minimum atomic E-state index is -0.151. The van der Waals surface area contributed by atoms with Gasteiger partial charge in [-0.05, 0) is 55.4 Å². The molecule has 0 bridgehead atoms. The number of carbonyl (C=O) groups excluding carboxylic acids is 1. The number of thiophene rings is 1. The molecule has 2 aromatic rings. The molecule has 4 rings (SSSR count). The van der Waals surface area contributed by atoms with E-state index in [9.17, 15) is 4.79 Å². The molecule has 5 nitrogen and oxygen atoms in total. The van der Waals surface area contributed by atoms with Crippen LogP contribution in [0.2, 0.25) is 5.02 Å². The highest BCUT2D eigenvalue weighted by Crippen LogP contribution is 2.39. The quantitative estimate of drug-likeness (QED) is 0.802. The number of fused-ring (bicyclic) bond motifs is 1. The second-order valence-electron chi connectivity index (χ2n) is 7.15. The predicted molar refractivity (Wildman–Crippen MR) is 107 cm³/mol. The van der Waals surface area contributed by atoms with Crippen molar-refractivity contribution in [3.05, 3.63) is 45.1 Å². The summed E-state index contributed by atoms with van der Waals surface area (Å²) in [5, 5.41) is 5.58. The Kier molecular flexibility index (Phi) is 5.57. The van der Waals surface area contributed by atoms with Crippen LogP contribution < -0.4 is 14.8 Å². The van der Waals surface area contributed by atoms with Gasteiger partial charge in [0, 0.05) is 17.0 Å². The van der Waals surface area contributed by atoms with Gasteiger partial charge in [-0.3, -0.25) is 9.69 Å². The maximum absolute atomic E-state index is 12.7. The highest BCUT2D eigenvalue weighted by molar-refractivity contribution is 7.10. The lowest BCUT2D eigenvalue weighted by atomic mass is 9.97. The van der Waals surface area contributed by atoms with Gasteiger partial charge in [0.05, 0.1) is 11.1 Å². The molecule has 0 saturated carbocycles. The first-order valence-corrected chi connectivity index (χ1v) is 10.5. The molecule has 27 heavy (non-hydrogen) atoms. The third-order valence-electron chi connectivity index (χ3n) is 5.28. The van der Waals surface area contributed by atoms with Gasteiger partial charge in [0.25, 0.3) is 5.91 Å². The molecule has 1 N–H and O–H groups in total. The van der Waals surface area contributed by atoms with Crippen molar-refractivity contribution in [2.24, 2.45) is 5.92 Å². The van der Waals surface area contributed by atoms with Crippen molar-refractivity contribution >= 4 is 28.8 Å². The van der Waals surface area contributed by atoms with E-state index in [4.69, 9.17) is 21.1 Å². The second kappa shape index (κ2) is 8.09. The van der Waals surface area contributed by atoms with Crippen molar-refractivity contribution < 1.29 is 14.3 Å². The highest BCUT2D eigenvalue weighted by atomic mass is 35.5. The lowest BCUT2D eigenvalue weighted by molar-refractivity contribution is 0.0914. The minimum absolute atomic E-state index is 0.133. The van der Waals surface area contributed by atoms with Crippen LogP contribution in [0.25, 0.3) is 0 Å². The molecule has 1 saturated heterocycles. The zero-order chi connectivity index (χ0) is 18.8. The number of carbonyl (C=O) groups is 1. The molecule has 1 aromatic heterocycles. The predicted octanol–water partition coefficient (Wildman–Crippen LogP) is 4.33. The van der Waals surface area contributed by atoms with Gasteiger partial charge in [-0.2, -0.15) is 0 Å². The summed E-state index contributed by atoms with van der Waals surface area (Å²) in [5.74, 6) is 1.65. The normalized spacial score (nSPS) is 18.4. The molecular weight excluding hydrogens is 384 g/mol. The van der Waals surface area contributed by atoms with Gasteiger partial charge in [0.15, 0.2) is 11.5 Å². The van der Waals surface area contributed by atoms with Crippen molar-refractivity contribution in [3.8, 4) is 11.5 Å². The van der Waals surface area contributed by atoms with Crippen LogP contribution in [0.3, 0.4) is 0 Å². The first-order valence-electron chi connectivity index (χ1n) is 9.26. The van der Waals surface area contributed by atoms with Gasteiger partial charge in [-0.25, -0.2) is 0 Å². The maximum Gasteiger partial charge on any atom is 0.251 e. The number of hydrogen-bond donors (Lipinski definition) is 1. The summed E-state index contributed by atoms with van der Waals surface area (Å²) >= 11 is 7.95. The molecule has 2 aliphatic heterocycles. The van der Waals surface area contributed by atoms with Crippen LogP contribution in [0.5, 0.6) is 11.5 Å². The summed E-state index contributed by atoms with van der Waals surface area (Å²) in [4.78, 5) is 16.5. The number of piperidine rings is 1. The SMILES string of the molecule is CC1CCN([C@@H](CNC(=O)c2cc(Cl)c3c(c2)OCO3)c2cccs2)CC1. The Balaban J connectivity index is 1.46. The van der Waals surface area contributed by atoms with E-state index in [1.54, 1.807) is 23.5 Å². The van der Waals surface area contributed by atoms with Crippen LogP contribution in [0, 0.1) is 5.92 Å². The monoisotopic (exact) mass is 406 g/mol. The van der Waals surface area contributed by atoms with Gasteiger partial charge in [-0.1, -0.05) is 24.6 Å². The van der Waals surface area contributed by atoms with Crippen molar-refractivity contribution in [1.82, 2.24) is 10.2 Å². The Morgan fingerprint density at radius 3 is 2.93 bits per heavy atom. The Labute approximate surface area is 168 Å². The fourth-order valence-electron chi connectivity index (χ4n) is 3.62. The zero-order valence-corrected chi connectivity index (χ0v) is 16.8. The Morgan fingerprint density at radius 1 is 1.37 bits per heavy atom. The molecule has 3 heterocycles. The summed E-state index contributed by atoms with van der Waals surface area (Å²) in [6.45, 7) is 5.14. The molecule has 0 spiro atoms. The number of halogens is 1. The minimum Gasteiger partial charge on any atom is -0.454 e. The van der Waals surface area contributed by atoms with Gasteiger partial charge >= 0.3 is 0 Å². The molecule has 0 unspecified atom stereocenters. The second-order valence-corrected chi connectivity index (χ2v) is 8.54. The molecule has 144 valence electrons. The van der Waals surface area contributed by atoms with E-state index in [0.29, 0.717) is 28.6 Å². The number of hydrogen-bond acceptors (Lipinski definition) is 5. The summed E-state index contributed by atoms with van der Waals surface area (Å²) in [7, 11) is 0. The van der Waals surface area contributed by atoms with Crippen LogP contribution in [0.4, 0.5) is 0 Å². The molecule has 2 aliphatic rings. The molecular formula is C20H23ClN2O3S.